The van der Waals surface area contributed by atoms with Crippen LogP contribution >= 0.6 is 11.6 Å². The van der Waals surface area contributed by atoms with E-state index in [-0.39, 0.29) is 36.8 Å². The van der Waals surface area contributed by atoms with E-state index in [4.69, 9.17) is 11.6 Å². The minimum absolute atomic E-state index is 0.0735. The summed E-state index contributed by atoms with van der Waals surface area (Å²) in [5, 5.41) is 4.75. The first kappa shape index (κ1) is 25.0. The SMILES string of the molecule is C=CCN(CC=C)C(=O)c1cn(CCC)nc1S(=O)(=O)N1CCN(c2cccc(Cl)c2)CC1. The fraction of sp³-hybridized carbons (Fsp3) is 0.391. The summed E-state index contributed by atoms with van der Waals surface area (Å²) in [4.78, 5) is 16.8. The van der Waals surface area contributed by atoms with Gasteiger partial charge in [-0.2, -0.15) is 9.40 Å². The molecule has 1 saturated heterocycles. The number of aromatic nitrogens is 2. The van der Waals surface area contributed by atoms with Crippen molar-refractivity contribution in [1.29, 1.82) is 0 Å². The Morgan fingerprint density at radius 3 is 2.42 bits per heavy atom. The Bertz CT molecular complexity index is 1100. The number of amides is 1. The Hall–Kier alpha value is -2.62. The molecule has 1 aliphatic heterocycles. The average Bonchev–Trinajstić information content (AvgIpc) is 3.24. The predicted octanol–water partition coefficient (Wildman–Crippen LogP) is 3.27. The number of hydrogen-bond acceptors (Lipinski definition) is 5. The molecule has 33 heavy (non-hydrogen) atoms. The number of anilines is 1. The van der Waals surface area contributed by atoms with Crippen LogP contribution < -0.4 is 4.90 Å². The molecule has 0 aliphatic carbocycles. The summed E-state index contributed by atoms with van der Waals surface area (Å²) in [5.41, 5.74) is 1.02. The van der Waals surface area contributed by atoms with Crippen molar-refractivity contribution >= 4 is 33.2 Å². The second kappa shape index (κ2) is 11.0. The molecule has 0 saturated carbocycles. The van der Waals surface area contributed by atoms with E-state index >= 15 is 0 Å². The summed E-state index contributed by atoms with van der Waals surface area (Å²) < 4.78 is 30.1. The third-order valence-corrected chi connectivity index (χ3v) is 7.46. The van der Waals surface area contributed by atoms with Crippen molar-refractivity contribution in [3.05, 3.63) is 66.4 Å². The average molecular weight is 492 g/mol. The number of carbonyl (C=O) groups is 1. The number of aryl methyl sites for hydroxylation is 1. The quantitative estimate of drug-likeness (QED) is 0.476. The van der Waals surface area contributed by atoms with Gasteiger partial charge in [0.25, 0.3) is 15.9 Å². The largest absolute Gasteiger partial charge is 0.369 e. The molecule has 8 nitrogen and oxygen atoms in total. The summed E-state index contributed by atoms with van der Waals surface area (Å²) in [6, 6.07) is 7.49. The van der Waals surface area contributed by atoms with Crippen molar-refractivity contribution < 1.29 is 13.2 Å². The van der Waals surface area contributed by atoms with Crippen LogP contribution in [0.5, 0.6) is 0 Å². The van der Waals surface area contributed by atoms with Crippen LogP contribution in [-0.2, 0) is 16.6 Å². The van der Waals surface area contributed by atoms with E-state index in [1.165, 1.54) is 20.1 Å². The maximum atomic E-state index is 13.6. The smallest absolute Gasteiger partial charge is 0.263 e. The maximum Gasteiger partial charge on any atom is 0.263 e. The molecule has 1 aliphatic rings. The summed E-state index contributed by atoms with van der Waals surface area (Å²) in [6.07, 6.45) is 5.48. The summed E-state index contributed by atoms with van der Waals surface area (Å²) in [7, 11) is -3.96. The van der Waals surface area contributed by atoms with Gasteiger partial charge in [0.2, 0.25) is 5.03 Å². The van der Waals surface area contributed by atoms with Gasteiger partial charge in [-0.15, -0.1) is 13.2 Å². The number of sulfonamides is 1. The molecule has 1 fully saturated rings. The van der Waals surface area contributed by atoms with Crippen molar-refractivity contribution in [3.63, 3.8) is 0 Å². The second-order valence-electron chi connectivity index (χ2n) is 7.77. The number of halogens is 1. The van der Waals surface area contributed by atoms with Gasteiger partial charge in [0.15, 0.2) is 0 Å². The van der Waals surface area contributed by atoms with Gasteiger partial charge in [-0.05, 0) is 24.6 Å². The first-order chi connectivity index (χ1) is 15.8. The van der Waals surface area contributed by atoms with Crippen LogP contribution in [0.15, 0.2) is 60.8 Å². The molecular weight excluding hydrogens is 462 g/mol. The van der Waals surface area contributed by atoms with Gasteiger partial charge in [0.05, 0.1) is 5.56 Å². The number of benzene rings is 1. The van der Waals surface area contributed by atoms with Gasteiger partial charge in [0, 0.05) is 62.7 Å². The molecule has 0 spiro atoms. The van der Waals surface area contributed by atoms with Gasteiger partial charge in [0.1, 0.15) is 0 Å². The van der Waals surface area contributed by atoms with E-state index in [1.54, 1.807) is 18.2 Å². The molecule has 1 amide bonds. The highest BCUT2D eigenvalue weighted by Crippen LogP contribution is 2.25. The molecule has 10 heteroatoms. The zero-order chi connectivity index (χ0) is 24.0. The van der Waals surface area contributed by atoms with Crippen LogP contribution in [0.4, 0.5) is 5.69 Å². The number of nitrogens with zero attached hydrogens (tertiary/aromatic N) is 5. The van der Waals surface area contributed by atoms with Gasteiger partial charge in [-0.3, -0.25) is 9.48 Å². The highest BCUT2D eigenvalue weighted by Gasteiger charge is 2.35. The van der Waals surface area contributed by atoms with Gasteiger partial charge >= 0.3 is 0 Å². The van der Waals surface area contributed by atoms with Crippen LogP contribution in [-0.4, -0.2) is 72.6 Å². The number of hydrogen-bond donors (Lipinski definition) is 0. The highest BCUT2D eigenvalue weighted by atomic mass is 35.5. The van der Waals surface area contributed by atoms with Crippen LogP contribution in [0.2, 0.25) is 5.02 Å². The van der Waals surface area contributed by atoms with Gasteiger partial charge in [-0.25, -0.2) is 8.42 Å². The van der Waals surface area contributed by atoms with Gasteiger partial charge < -0.3 is 9.80 Å². The Labute approximate surface area is 200 Å². The molecule has 3 rings (SSSR count). The fourth-order valence-electron chi connectivity index (χ4n) is 3.79. The zero-order valence-electron chi connectivity index (χ0n) is 18.9. The van der Waals surface area contributed by atoms with Crippen LogP contribution in [0, 0.1) is 0 Å². The number of carbonyl (C=O) groups excluding carboxylic acids is 1. The molecule has 0 radical (unpaired) electrons. The second-order valence-corrected chi connectivity index (χ2v) is 10.1. The Balaban J connectivity index is 1.87. The van der Waals surface area contributed by atoms with Crippen molar-refractivity contribution in [2.24, 2.45) is 0 Å². The minimum atomic E-state index is -3.96. The lowest BCUT2D eigenvalue weighted by molar-refractivity contribution is 0.0786. The first-order valence-electron chi connectivity index (χ1n) is 10.9. The monoisotopic (exact) mass is 491 g/mol. The molecule has 1 aromatic carbocycles. The molecule has 0 atom stereocenters. The Morgan fingerprint density at radius 1 is 1.18 bits per heavy atom. The minimum Gasteiger partial charge on any atom is -0.369 e. The molecule has 2 aromatic rings. The van der Waals surface area contributed by atoms with E-state index in [2.05, 4.69) is 23.2 Å². The van der Waals surface area contributed by atoms with E-state index in [1.807, 2.05) is 25.1 Å². The van der Waals surface area contributed by atoms with Crippen molar-refractivity contribution in [2.75, 3.05) is 44.2 Å². The molecule has 0 N–H and O–H groups in total. The highest BCUT2D eigenvalue weighted by molar-refractivity contribution is 7.89. The third-order valence-electron chi connectivity index (χ3n) is 5.39. The van der Waals surface area contributed by atoms with E-state index in [9.17, 15) is 13.2 Å². The Kier molecular flexibility index (Phi) is 8.34. The summed E-state index contributed by atoms with van der Waals surface area (Å²) >= 11 is 6.10. The molecular formula is C23H30ClN5O3S. The van der Waals surface area contributed by atoms with E-state index < -0.39 is 15.9 Å². The summed E-state index contributed by atoms with van der Waals surface area (Å²) in [6.45, 7) is 12.0. The normalized spacial score (nSPS) is 14.8. The van der Waals surface area contributed by atoms with Crippen molar-refractivity contribution in [3.8, 4) is 0 Å². The molecule has 178 valence electrons. The Morgan fingerprint density at radius 2 is 1.85 bits per heavy atom. The molecule has 0 bridgehead atoms. The zero-order valence-corrected chi connectivity index (χ0v) is 20.4. The first-order valence-corrected chi connectivity index (χ1v) is 12.7. The van der Waals surface area contributed by atoms with Crippen molar-refractivity contribution in [1.82, 2.24) is 19.0 Å². The fourth-order valence-corrected chi connectivity index (χ4v) is 5.49. The van der Waals surface area contributed by atoms with E-state index in [0.29, 0.717) is 24.7 Å². The predicted molar refractivity (Wildman–Crippen MR) is 131 cm³/mol. The van der Waals surface area contributed by atoms with Crippen molar-refractivity contribution in [2.45, 2.75) is 24.9 Å². The molecule has 1 aromatic heterocycles. The van der Waals surface area contributed by atoms with Crippen LogP contribution in [0.25, 0.3) is 0 Å². The number of piperazine rings is 1. The van der Waals surface area contributed by atoms with Crippen LogP contribution in [0.1, 0.15) is 23.7 Å². The summed E-state index contributed by atoms with van der Waals surface area (Å²) in [5.74, 6) is -0.409. The lowest BCUT2D eigenvalue weighted by Crippen LogP contribution is -2.49. The standard InChI is InChI=1S/C23H30ClN5O3S/c1-4-10-27(11-5-2)23(30)21-18-28(12-6-3)25-22(21)33(31,32)29-15-13-26(14-16-29)20-9-7-8-19(24)17-20/h4-5,7-9,17-18H,1-2,6,10-16H2,3H3. The number of rotatable bonds is 10. The lowest BCUT2D eigenvalue weighted by atomic mass is 10.2. The molecule has 0 unspecified atom stereocenters. The van der Waals surface area contributed by atoms with Crippen LogP contribution in [0.3, 0.4) is 0 Å². The van der Waals surface area contributed by atoms with Gasteiger partial charge in [-0.1, -0.05) is 36.7 Å². The topological polar surface area (TPSA) is 78.8 Å². The van der Waals surface area contributed by atoms with E-state index in [0.717, 1.165) is 12.1 Å². The third kappa shape index (κ3) is 5.66. The molecule has 2 heterocycles. The lowest BCUT2D eigenvalue weighted by Gasteiger charge is -2.35. The maximum absolute atomic E-state index is 13.6.